The smallest absolute Gasteiger partial charge is 0.408 e. The number of rotatable bonds is 6. The van der Waals surface area contributed by atoms with Gasteiger partial charge in [-0.2, -0.15) is 0 Å². The first kappa shape index (κ1) is 19.9. The normalized spacial score (nSPS) is 12.6. The van der Waals surface area contributed by atoms with Gasteiger partial charge in [-0.15, -0.1) is 0 Å². The lowest BCUT2D eigenvalue weighted by atomic mass is 10.0. The SMILES string of the molecule is CC(C)C(NC(=O)OC(C)(C)C)C(=O)N(C)CCc1ccncc1. The van der Waals surface area contributed by atoms with Gasteiger partial charge in [-0.25, -0.2) is 4.79 Å². The van der Waals surface area contributed by atoms with Crippen molar-refractivity contribution in [1.82, 2.24) is 15.2 Å². The highest BCUT2D eigenvalue weighted by Gasteiger charge is 2.28. The summed E-state index contributed by atoms with van der Waals surface area (Å²) in [7, 11) is 1.75. The van der Waals surface area contributed by atoms with E-state index in [-0.39, 0.29) is 11.8 Å². The maximum absolute atomic E-state index is 12.7. The second kappa shape index (κ2) is 8.66. The molecule has 0 bridgehead atoms. The third-order valence-electron chi connectivity index (χ3n) is 3.47. The van der Waals surface area contributed by atoms with Gasteiger partial charge in [0.15, 0.2) is 0 Å². The zero-order valence-corrected chi connectivity index (χ0v) is 15.5. The van der Waals surface area contributed by atoms with Crippen LogP contribution in [0.4, 0.5) is 4.79 Å². The van der Waals surface area contributed by atoms with Crippen molar-refractivity contribution in [3.63, 3.8) is 0 Å². The largest absolute Gasteiger partial charge is 0.444 e. The van der Waals surface area contributed by atoms with Crippen LogP contribution in [0.1, 0.15) is 40.2 Å². The minimum atomic E-state index is -0.609. The summed E-state index contributed by atoms with van der Waals surface area (Å²) in [5.41, 5.74) is 0.521. The molecule has 0 saturated heterocycles. The first-order valence-electron chi connectivity index (χ1n) is 8.23. The molecule has 1 N–H and O–H groups in total. The van der Waals surface area contributed by atoms with E-state index in [1.54, 1.807) is 45.1 Å². The molecule has 6 heteroatoms. The third kappa shape index (κ3) is 6.98. The Bertz CT molecular complexity index is 538. The van der Waals surface area contributed by atoms with Crippen LogP contribution in [0.5, 0.6) is 0 Å². The molecule has 1 aromatic rings. The van der Waals surface area contributed by atoms with Gasteiger partial charge in [0.05, 0.1) is 0 Å². The van der Waals surface area contributed by atoms with Gasteiger partial charge in [-0.05, 0) is 50.8 Å². The van der Waals surface area contributed by atoms with Crippen molar-refractivity contribution < 1.29 is 14.3 Å². The van der Waals surface area contributed by atoms with E-state index < -0.39 is 17.7 Å². The van der Waals surface area contributed by atoms with E-state index in [2.05, 4.69) is 10.3 Å². The highest BCUT2D eigenvalue weighted by atomic mass is 16.6. The average molecular weight is 335 g/mol. The lowest BCUT2D eigenvalue weighted by Gasteiger charge is -2.28. The molecule has 134 valence electrons. The summed E-state index contributed by atoms with van der Waals surface area (Å²) >= 11 is 0. The van der Waals surface area contributed by atoms with Gasteiger partial charge < -0.3 is 15.0 Å². The second-order valence-corrected chi connectivity index (χ2v) is 7.23. The number of ether oxygens (including phenoxy) is 1. The first-order chi connectivity index (χ1) is 11.1. The fraction of sp³-hybridized carbons (Fsp3) is 0.611. The topological polar surface area (TPSA) is 71.5 Å². The molecule has 0 radical (unpaired) electrons. The molecular formula is C18H29N3O3. The van der Waals surface area contributed by atoms with Crippen molar-refractivity contribution >= 4 is 12.0 Å². The number of likely N-dealkylation sites (N-methyl/N-ethyl adjacent to an activating group) is 1. The number of hydrogen-bond donors (Lipinski definition) is 1. The quantitative estimate of drug-likeness (QED) is 0.867. The standard InChI is InChI=1S/C18H29N3O3/c1-13(2)15(20-17(23)24-18(3,4)5)16(22)21(6)12-9-14-7-10-19-11-8-14/h7-8,10-11,13,15H,9,12H2,1-6H3,(H,20,23). The molecule has 0 saturated carbocycles. The molecular weight excluding hydrogens is 306 g/mol. The number of hydrogen-bond acceptors (Lipinski definition) is 4. The van der Waals surface area contributed by atoms with Gasteiger partial charge in [-0.3, -0.25) is 9.78 Å². The van der Waals surface area contributed by atoms with Crippen LogP contribution >= 0.6 is 0 Å². The molecule has 0 aromatic carbocycles. The zero-order valence-electron chi connectivity index (χ0n) is 15.5. The molecule has 1 heterocycles. The van der Waals surface area contributed by atoms with Crippen LogP contribution in [0.15, 0.2) is 24.5 Å². The Morgan fingerprint density at radius 1 is 1.25 bits per heavy atom. The fourth-order valence-corrected chi connectivity index (χ4v) is 2.14. The predicted octanol–water partition coefficient (Wildman–Crippen LogP) is 2.63. The molecule has 24 heavy (non-hydrogen) atoms. The van der Waals surface area contributed by atoms with Gasteiger partial charge in [-0.1, -0.05) is 13.8 Å². The number of nitrogens with one attached hydrogen (secondary N) is 1. The Morgan fingerprint density at radius 2 is 1.83 bits per heavy atom. The maximum Gasteiger partial charge on any atom is 0.408 e. The Labute approximate surface area is 144 Å². The van der Waals surface area contributed by atoms with Crippen molar-refractivity contribution in [3.8, 4) is 0 Å². The third-order valence-corrected chi connectivity index (χ3v) is 3.47. The van der Waals surface area contributed by atoms with E-state index in [1.165, 1.54) is 0 Å². The molecule has 0 spiro atoms. The van der Waals surface area contributed by atoms with Gasteiger partial charge in [0.1, 0.15) is 11.6 Å². The van der Waals surface area contributed by atoms with E-state index in [1.807, 2.05) is 26.0 Å². The molecule has 0 aliphatic heterocycles. The minimum absolute atomic E-state index is 0.0339. The van der Waals surface area contributed by atoms with Crippen molar-refractivity contribution in [1.29, 1.82) is 0 Å². The van der Waals surface area contributed by atoms with Gasteiger partial charge >= 0.3 is 6.09 Å². The second-order valence-electron chi connectivity index (χ2n) is 7.23. The van der Waals surface area contributed by atoms with Crippen LogP contribution < -0.4 is 5.32 Å². The summed E-state index contributed by atoms with van der Waals surface area (Å²) in [4.78, 5) is 30.2. The molecule has 0 aliphatic rings. The number of alkyl carbamates (subject to hydrolysis) is 1. The summed E-state index contributed by atoms with van der Waals surface area (Å²) in [5.74, 6) is -0.154. The average Bonchev–Trinajstić information content (AvgIpc) is 2.48. The van der Waals surface area contributed by atoms with Crippen LogP contribution in [0, 0.1) is 5.92 Å². The summed E-state index contributed by atoms with van der Waals surface area (Å²) in [6.07, 6.45) is 3.63. The van der Waals surface area contributed by atoms with Crippen LogP contribution in [-0.4, -0.2) is 47.1 Å². The Morgan fingerprint density at radius 3 is 2.33 bits per heavy atom. The highest BCUT2D eigenvalue weighted by molar-refractivity contribution is 5.85. The van der Waals surface area contributed by atoms with Crippen LogP contribution in [0.2, 0.25) is 0 Å². The van der Waals surface area contributed by atoms with Crippen molar-refractivity contribution in [2.24, 2.45) is 5.92 Å². The molecule has 1 aromatic heterocycles. The van der Waals surface area contributed by atoms with Gasteiger partial charge in [0, 0.05) is 26.0 Å². The minimum Gasteiger partial charge on any atom is -0.444 e. The van der Waals surface area contributed by atoms with E-state index in [0.29, 0.717) is 6.54 Å². The molecule has 1 unspecified atom stereocenters. The number of carbonyl (C=O) groups excluding carboxylic acids is 2. The Balaban J connectivity index is 2.63. The fourth-order valence-electron chi connectivity index (χ4n) is 2.14. The lowest BCUT2D eigenvalue weighted by Crippen LogP contribution is -2.51. The van der Waals surface area contributed by atoms with E-state index in [0.717, 1.165) is 12.0 Å². The summed E-state index contributed by atoms with van der Waals surface area (Å²) in [6.45, 7) is 9.74. The summed E-state index contributed by atoms with van der Waals surface area (Å²) in [5, 5.41) is 2.69. The number of carbonyl (C=O) groups is 2. The highest BCUT2D eigenvalue weighted by Crippen LogP contribution is 2.10. The van der Waals surface area contributed by atoms with Gasteiger partial charge in [0.2, 0.25) is 5.91 Å². The summed E-state index contributed by atoms with van der Waals surface area (Å²) in [6, 6.07) is 3.25. The van der Waals surface area contributed by atoms with Crippen LogP contribution in [0.25, 0.3) is 0 Å². The van der Waals surface area contributed by atoms with Gasteiger partial charge in [0.25, 0.3) is 0 Å². The zero-order chi connectivity index (χ0) is 18.3. The van der Waals surface area contributed by atoms with E-state index in [9.17, 15) is 9.59 Å². The van der Waals surface area contributed by atoms with Crippen LogP contribution in [-0.2, 0) is 16.0 Å². The molecule has 0 fully saturated rings. The molecule has 6 nitrogen and oxygen atoms in total. The molecule has 2 amide bonds. The Kier molecular flexibility index (Phi) is 7.19. The number of nitrogens with zero attached hydrogens (tertiary/aromatic N) is 2. The number of amides is 2. The Hall–Kier alpha value is -2.11. The van der Waals surface area contributed by atoms with Crippen molar-refractivity contribution in [2.45, 2.75) is 52.7 Å². The maximum atomic E-state index is 12.7. The first-order valence-corrected chi connectivity index (χ1v) is 8.23. The monoisotopic (exact) mass is 335 g/mol. The number of pyridine rings is 1. The molecule has 1 atom stereocenters. The molecule has 1 rings (SSSR count). The summed E-state index contributed by atoms with van der Waals surface area (Å²) < 4.78 is 5.25. The predicted molar refractivity (Wildman–Crippen MR) is 93.6 cm³/mol. The van der Waals surface area contributed by atoms with E-state index in [4.69, 9.17) is 4.74 Å². The molecule has 0 aliphatic carbocycles. The number of aromatic nitrogens is 1. The van der Waals surface area contributed by atoms with Crippen LogP contribution in [0.3, 0.4) is 0 Å². The van der Waals surface area contributed by atoms with Crippen molar-refractivity contribution in [3.05, 3.63) is 30.1 Å². The van der Waals surface area contributed by atoms with Crippen molar-refractivity contribution in [2.75, 3.05) is 13.6 Å². The lowest BCUT2D eigenvalue weighted by molar-refractivity contribution is -0.133. The van der Waals surface area contributed by atoms with E-state index >= 15 is 0 Å².